The van der Waals surface area contributed by atoms with Gasteiger partial charge in [0.1, 0.15) is 12.4 Å². The van der Waals surface area contributed by atoms with Crippen LogP contribution in [0.1, 0.15) is 5.56 Å². The van der Waals surface area contributed by atoms with Gasteiger partial charge in [0.2, 0.25) is 5.91 Å². The predicted octanol–water partition coefficient (Wildman–Crippen LogP) is 4.08. The Morgan fingerprint density at radius 2 is 1.72 bits per heavy atom. The Morgan fingerprint density at radius 1 is 0.944 bits per heavy atom. The SMILES string of the molecule is COc1ccc(NC(=O)C2Cc3ccccc3N3CCN(CCOc4ccccc4)CC23)cc1OC. The van der Waals surface area contributed by atoms with E-state index in [0.717, 1.165) is 31.9 Å². The molecule has 2 unspecified atom stereocenters. The van der Waals surface area contributed by atoms with E-state index < -0.39 is 0 Å². The predicted molar refractivity (Wildman–Crippen MR) is 141 cm³/mol. The van der Waals surface area contributed by atoms with Crippen molar-refractivity contribution in [2.75, 3.05) is 57.2 Å². The number of piperazine rings is 1. The van der Waals surface area contributed by atoms with E-state index in [1.165, 1.54) is 11.3 Å². The molecule has 2 atom stereocenters. The lowest BCUT2D eigenvalue weighted by atomic mass is 9.83. The summed E-state index contributed by atoms with van der Waals surface area (Å²) in [5.41, 5.74) is 3.17. The summed E-state index contributed by atoms with van der Waals surface area (Å²) in [5, 5.41) is 3.14. The number of nitrogens with one attached hydrogen (secondary N) is 1. The largest absolute Gasteiger partial charge is 0.493 e. The van der Waals surface area contributed by atoms with Gasteiger partial charge >= 0.3 is 0 Å². The Morgan fingerprint density at radius 3 is 2.53 bits per heavy atom. The van der Waals surface area contributed by atoms with Crippen molar-refractivity contribution >= 4 is 17.3 Å². The molecular formula is C29H33N3O4. The molecule has 0 radical (unpaired) electrons. The minimum Gasteiger partial charge on any atom is -0.493 e. The van der Waals surface area contributed by atoms with Gasteiger partial charge in [-0.1, -0.05) is 36.4 Å². The van der Waals surface area contributed by atoms with E-state index in [1.807, 2.05) is 42.5 Å². The molecule has 1 saturated heterocycles. The standard InChI is InChI=1S/C29H33N3O4/c1-34-27-13-12-22(19-28(27)35-2)30-29(33)24-18-21-8-6-7-11-25(21)32-15-14-31(20-26(24)32)16-17-36-23-9-4-3-5-10-23/h3-13,19,24,26H,14-18,20H2,1-2H3,(H,30,33). The van der Waals surface area contributed by atoms with Crippen LogP contribution < -0.4 is 24.4 Å². The third kappa shape index (κ3) is 5.11. The fraction of sp³-hybridized carbons (Fsp3) is 0.345. The van der Waals surface area contributed by atoms with Crippen molar-refractivity contribution in [3.63, 3.8) is 0 Å². The Balaban J connectivity index is 1.31. The van der Waals surface area contributed by atoms with Crippen LogP contribution in [0.2, 0.25) is 0 Å². The van der Waals surface area contributed by atoms with E-state index >= 15 is 0 Å². The molecule has 2 aliphatic rings. The van der Waals surface area contributed by atoms with Crippen LogP contribution in [0.3, 0.4) is 0 Å². The quantitative estimate of drug-likeness (QED) is 0.517. The number of methoxy groups -OCH3 is 2. The molecule has 1 amide bonds. The lowest BCUT2D eigenvalue weighted by Crippen LogP contribution is -2.60. The van der Waals surface area contributed by atoms with Crippen molar-refractivity contribution in [1.29, 1.82) is 0 Å². The molecule has 0 bridgehead atoms. The lowest BCUT2D eigenvalue weighted by Gasteiger charge is -2.49. The molecule has 2 heterocycles. The van der Waals surface area contributed by atoms with Crippen LogP contribution in [0.15, 0.2) is 72.8 Å². The Kier molecular flexibility index (Phi) is 7.28. The highest BCUT2D eigenvalue weighted by Crippen LogP contribution is 2.37. The smallest absolute Gasteiger partial charge is 0.229 e. The molecule has 0 aliphatic carbocycles. The van der Waals surface area contributed by atoms with Gasteiger partial charge in [-0.3, -0.25) is 9.69 Å². The number of benzene rings is 3. The molecule has 36 heavy (non-hydrogen) atoms. The van der Waals surface area contributed by atoms with Gasteiger partial charge in [-0.25, -0.2) is 0 Å². The summed E-state index contributed by atoms with van der Waals surface area (Å²) in [6, 6.07) is 23.9. The summed E-state index contributed by atoms with van der Waals surface area (Å²) in [5.74, 6) is 1.96. The Labute approximate surface area is 212 Å². The summed E-state index contributed by atoms with van der Waals surface area (Å²) in [7, 11) is 3.20. The van der Waals surface area contributed by atoms with E-state index in [1.54, 1.807) is 20.3 Å². The van der Waals surface area contributed by atoms with Crippen molar-refractivity contribution in [2.45, 2.75) is 12.5 Å². The zero-order chi connectivity index (χ0) is 24.9. The minimum atomic E-state index is -0.175. The normalized spacial score (nSPS) is 19.1. The summed E-state index contributed by atoms with van der Waals surface area (Å²) in [4.78, 5) is 18.5. The molecule has 7 heteroatoms. The summed E-state index contributed by atoms with van der Waals surface area (Å²) in [6.45, 7) is 4.08. The summed E-state index contributed by atoms with van der Waals surface area (Å²) < 4.78 is 16.7. The van der Waals surface area contributed by atoms with Crippen molar-refractivity contribution < 1.29 is 19.0 Å². The highest BCUT2D eigenvalue weighted by Gasteiger charge is 2.41. The van der Waals surface area contributed by atoms with E-state index in [9.17, 15) is 4.79 Å². The number of fused-ring (bicyclic) bond motifs is 3. The molecule has 1 fully saturated rings. The number of nitrogens with zero attached hydrogens (tertiary/aromatic N) is 2. The van der Waals surface area contributed by atoms with Crippen LogP contribution in [-0.4, -0.2) is 63.9 Å². The number of carbonyl (C=O) groups is 1. The average Bonchev–Trinajstić information content (AvgIpc) is 2.93. The van der Waals surface area contributed by atoms with Gasteiger partial charge in [0.05, 0.1) is 26.2 Å². The highest BCUT2D eigenvalue weighted by atomic mass is 16.5. The first-order chi connectivity index (χ1) is 17.7. The van der Waals surface area contributed by atoms with Gasteiger partial charge in [-0.2, -0.15) is 0 Å². The first-order valence-corrected chi connectivity index (χ1v) is 12.4. The number of carbonyl (C=O) groups excluding carboxylic acids is 1. The minimum absolute atomic E-state index is 0.0223. The third-order valence-electron chi connectivity index (χ3n) is 7.12. The second-order valence-corrected chi connectivity index (χ2v) is 9.22. The van der Waals surface area contributed by atoms with E-state index in [4.69, 9.17) is 14.2 Å². The topological polar surface area (TPSA) is 63.3 Å². The van der Waals surface area contributed by atoms with Gasteiger partial charge in [0, 0.05) is 43.6 Å². The van der Waals surface area contributed by atoms with Gasteiger partial charge in [0.15, 0.2) is 11.5 Å². The van der Waals surface area contributed by atoms with Gasteiger partial charge in [0.25, 0.3) is 0 Å². The molecule has 7 nitrogen and oxygen atoms in total. The van der Waals surface area contributed by atoms with Crippen LogP contribution in [0.25, 0.3) is 0 Å². The molecule has 0 saturated carbocycles. The van der Waals surface area contributed by atoms with Crippen LogP contribution >= 0.6 is 0 Å². The number of hydrogen-bond donors (Lipinski definition) is 1. The zero-order valence-electron chi connectivity index (χ0n) is 20.9. The van der Waals surface area contributed by atoms with Crippen LogP contribution in [0.4, 0.5) is 11.4 Å². The third-order valence-corrected chi connectivity index (χ3v) is 7.12. The van der Waals surface area contributed by atoms with Crippen LogP contribution in [-0.2, 0) is 11.2 Å². The number of para-hydroxylation sites is 2. The molecule has 1 N–H and O–H groups in total. The molecule has 3 aromatic rings. The lowest BCUT2D eigenvalue weighted by molar-refractivity contribution is -0.121. The average molecular weight is 488 g/mol. The van der Waals surface area contributed by atoms with Crippen LogP contribution in [0, 0.1) is 5.92 Å². The molecule has 0 aromatic heterocycles. The Hall–Kier alpha value is -3.71. The molecule has 0 spiro atoms. The maximum absolute atomic E-state index is 13.6. The summed E-state index contributed by atoms with van der Waals surface area (Å²) >= 11 is 0. The van der Waals surface area contributed by atoms with Crippen molar-refractivity contribution in [3.05, 3.63) is 78.4 Å². The van der Waals surface area contributed by atoms with E-state index in [2.05, 4.69) is 39.4 Å². The number of anilines is 2. The highest BCUT2D eigenvalue weighted by molar-refractivity contribution is 5.94. The van der Waals surface area contributed by atoms with E-state index in [0.29, 0.717) is 30.2 Å². The van der Waals surface area contributed by atoms with E-state index in [-0.39, 0.29) is 17.9 Å². The Bertz CT molecular complexity index is 1190. The first-order valence-electron chi connectivity index (χ1n) is 12.4. The van der Waals surface area contributed by atoms with Gasteiger partial charge in [-0.05, 0) is 42.3 Å². The van der Waals surface area contributed by atoms with Crippen LogP contribution in [0.5, 0.6) is 17.2 Å². The fourth-order valence-electron chi connectivity index (χ4n) is 5.28. The number of hydrogen-bond acceptors (Lipinski definition) is 6. The molecule has 3 aromatic carbocycles. The number of amides is 1. The maximum Gasteiger partial charge on any atom is 0.229 e. The number of rotatable bonds is 8. The zero-order valence-corrected chi connectivity index (χ0v) is 20.9. The monoisotopic (exact) mass is 487 g/mol. The first kappa shape index (κ1) is 24.0. The fourth-order valence-corrected chi connectivity index (χ4v) is 5.28. The van der Waals surface area contributed by atoms with Crippen molar-refractivity contribution in [3.8, 4) is 17.2 Å². The molecule has 188 valence electrons. The number of ether oxygens (including phenoxy) is 3. The molecule has 5 rings (SSSR count). The maximum atomic E-state index is 13.6. The van der Waals surface area contributed by atoms with Crippen molar-refractivity contribution in [2.24, 2.45) is 5.92 Å². The molecular weight excluding hydrogens is 454 g/mol. The second-order valence-electron chi connectivity index (χ2n) is 9.22. The van der Waals surface area contributed by atoms with Gasteiger partial charge in [-0.15, -0.1) is 0 Å². The molecule has 2 aliphatic heterocycles. The van der Waals surface area contributed by atoms with Crippen molar-refractivity contribution in [1.82, 2.24) is 4.90 Å². The second kappa shape index (κ2) is 10.9. The summed E-state index contributed by atoms with van der Waals surface area (Å²) in [6.07, 6.45) is 0.713. The van der Waals surface area contributed by atoms with Gasteiger partial charge < -0.3 is 24.4 Å².